The molecule has 1 amide bonds. The number of ether oxygens (including phenoxy) is 1. The van der Waals surface area contributed by atoms with Gasteiger partial charge in [0.15, 0.2) is 0 Å². The first-order valence-electron chi connectivity index (χ1n) is 5.63. The van der Waals surface area contributed by atoms with E-state index in [-0.39, 0.29) is 24.0 Å². The van der Waals surface area contributed by atoms with E-state index in [4.69, 9.17) is 10.5 Å². The van der Waals surface area contributed by atoms with E-state index in [0.717, 1.165) is 0 Å². The molecule has 0 radical (unpaired) electrons. The number of likely N-dealkylation sites (N-methyl/N-ethyl adjacent to an activating group) is 1. The standard InChI is InChI=1S/C11H25N3O2/c1-8(2)13-11(15)9(3)14(4)6-10(12)7-16-5/h8-10H,6-7,12H2,1-5H3,(H,13,15). The normalized spacial score (nSPS) is 15.2. The van der Waals surface area contributed by atoms with Gasteiger partial charge in [0.1, 0.15) is 0 Å². The van der Waals surface area contributed by atoms with E-state index in [1.165, 1.54) is 0 Å². The molecule has 0 aromatic carbocycles. The topological polar surface area (TPSA) is 67.6 Å². The highest BCUT2D eigenvalue weighted by Gasteiger charge is 2.19. The van der Waals surface area contributed by atoms with Gasteiger partial charge in [0, 0.05) is 25.7 Å². The molecule has 0 fully saturated rings. The fraction of sp³-hybridized carbons (Fsp3) is 0.909. The van der Waals surface area contributed by atoms with Crippen molar-refractivity contribution < 1.29 is 9.53 Å². The van der Waals surface area contributed by atoms with Gasteiger partial charge < -0.3 is 15.8 Å². The Morgan fingerprint density at radius 1 is 1.44 bits per heavy atom. The molecule has 0 spiro atoms. The summed E-state index contributed by atoms with van der Waals surface area (Å²) in [6.45, 7) is 6.91. The van der Waals surface area contributed by atoms with Crippen molar-refractivity contribution >= 4 is 5.91 Å². The molecule has 0 aromatic rings. The quantitative estimate of drug-likeness (QED) is 0.637. The summed E-state index contributed by atoms with van der Waals surface area (Å²) in [5.74, 6) is 0.0297. The van der Waals surface area contributed by atoms with Gasteiger partial charge in [-0.15, -0.1) is 0 Å². The summed E-state index contributed by atoms with van der Waals surface area (Å²) in [7, 11) is 3.51. The predicted octanol–water partition coefficient (Wildman–Crippen LogP) is -0.195. The van der Waals surface area contributed by atoms with Crippen LogP contribution in [-0.4, -0.2) is 56.2 Å². The van der Waals surface area contributed by atoms with E-state index < -0.39 is 0 Å². The van der Waals surface area contributed by atoms with Crippen molar-refractivity contribution in [2.45, 2.75) is 38.9 Å². The summed E-state index contributed by atoms with van der Waals surface area (Å²) in [6, 6.07) is -0.0781. The number of hydrogen-bond acceptors (Lipinski definition) is 4. The SMILES string of the molecule is COCC(N)CN(C)C(C)C(=O)NC(C)C. The molecule has 3 N–H and O–H groups in total. The number of nitrogens with zero attached hydrogens (tertiary/aromatic N) is 1. The van der Waals surface area contributed by atoms with Gasteiger partial charge >= 0.3 is 0 Å². The Labute approximate surface area is 98.3 Å². The maximum Gasteiger partial charge on any atom is 0.237 e. The fourth-order valence-electron chi connectivity index (χ4n) is 1.40. The minimum Gasteiger partial charge on any atom is -0.383 e. The molecule has 0 saturated heterocycles. The Balaban J connectivity index is 4.06. The van der Waals surface area contributed by atoms with Crippen LogP contribution < -0.4 is 11.1 Å². The lowest BCUT2D eigenvalue weighted by Gasteiger charge is -2.27. The van der Waals surface area contributed by atoms with Gasteiger partial charge in [-0.1, -0.05) is 0 Å². The molecule has 0 bridgehead atoms. The first kappa shape index (κ1) is 15.3. The van der Waals surface area contributed by atoms with Crippen LogP contribution in [-0.2, 0) is 9.53 Å². The monoisotopic (exact) mass is 231 g/mol. The number of amides is 1. The average molecular weight is 231 g/mol. The molecule has 16 heavy (non-hydrogen) atoms. The van der Waals surface area contributed by atoms with Crippen molar-refractivity contribution in [1.82, 2.24) is 10.2 Å². The van der Waals surface area contributed by atoms with E-state index in [0.29, 0.717) is 13.2 Å². The highest BCUT2D eigenvalue weighted by Crippen LogP contribution is 1.98. The van der Waals surface area contributed by atoms with Crippen LogP contribution >= 0.6 is 0 Å². The Morgan fingerprint density at radius 2 is 2.00 bits per heavy atom. The second-order valence-corrected chi connectivity index (χ2v) is 4.49. The van der Waals surface area contributed by atoms with Crippen LogP contribution in [0.3, 0.4) is 0 Å². The van der Waals surface area contributed by atoms with Gasteiger partial charge in [0.25, 0.3) is 0 Å². The smallest absolute Gasteiger partial charge is 0.237 e. The number of rotatable bonds is 7. The molecular formula is C11H25N3O2. The largest absolute Gasteiger partial charge is 0.383 e. The molecule has 2 unspecified atom stereocenters. The first-order chi connectivity index (χ1) is 7.38. The number of nitrogens with one attached hydrogen (secondary N) is 1. The van der Waals surface area contributed by atoms with Crippen molar-refractivity contribution in [3.8, 4) is 0 Å². The van der Waals surface area contributed by atoms with Crippen molar-refractivity contribution in [2.24, 2.45) is 5.73 Å². The summed E-state index contributed by atoms with van der Waals surface area (Å²) < 4.78 is 4.96. The van der Waals surface area contributed by atoms with Crippen LogP contribution in [0.15, 0.2) is 0 Å². The molecule has 0 rings (SSSR count). The highest BCUT2D eigenvalue weighted by molar-refractivity contribution is 5.81. The summed E-state index contributed by atoms with van der Waals surface area (Å²) in [5, 5.41) is 2.88. The van der Waals surface area contributed by atoms with Crippen LogP contribution in [0.4, 0.5) is 0 Å². The zero-order valence-electron chi connectivity index (χ0n) is 11.0. The van der Waals surface area contributed by atoms with Crippen LogP contribution in [0.1, 0.15) is 20.8 Å². The molecule has 0 aliphatic carbocycles. The van der Waals surface area contributed by atoms with Crippen molar-refractivity contribution in [2.75, 3.05) is 27.3 Å². The molecule has 0 aromatic heterocycles. The van der Waals surface area contributed by atoms with Gasteiger partial charge in [-0.2, -0.15) is 0 Å². The van der Waals surface area contributed by atoms with Gasteiger partial charge in [0.2, 0.25) is 5.91 Å². The number of hydrogen-bond donors (Lipinski definition) is 2. The minimum absolute atomic E-state index is 0.0297. The molecule has 0 aliphatic heterocycles. The van der Waals surface area contributed by atoms with Gasteiger partial charge in [-0.05, 0) is 27.8 Å². The Hall–Kier alpha value is -0.650. The lowest BCUT2D eigenvalue weighted by Crippen LogP contribution is -2.49. The third-order valence-electron chi connectivity index (χ3n) is 2.37. The molecule has 0 aliphatic rings. The molecular weight excluding hydrogens is 206 g/mol. The maximum absolute atomic E-state index is 11.7. The zero-order chi connectivity index (χ0) is 12.7. The number of carbonyl (C=O) groups excluding carboxylic acids is 1. The van der Waals surface area contributed by atoms with E-state index >= 15 is 0 Å². The second-order valence-electron chi connectivity index (χ2n) is 4.49. The third kappa shape index (κ3) is 6.05. The molecule has 0 heterocycles. The Morgan fingerprint density at radius 3 is 2.44 bits per heavy atom. The van der Waals surface area contributed by atoms with Crippen LogP contribution in [0.2, 0.25) is 0 Å². The van der Waals surface area contributed by atoms with E-state index in [9.17, 15) is 4.79 Å². The molecule has 2 atom stereocenters. The lowest BCUT2D eigenvalue weighted by atomic mass is 10.2. The predicted molar refractivity (Wildman–Crippen MR) is 65.2 cm³/mol. The summed E-state index contributed by atoms with van der Waals surface area (Å²) in [5.41, 5.74) is 5.83. The third-order valence-corrected chi connectivity index (χ3v) is 2.37. The second kappa shape index (κ2) is 7.60. The van der Waals surface area contributed by atoms with Crippen molar-refractivity contribution in [1.29, 1.82) is 0 Å². The van der Waals surface area contributed by atoms with Crippen LogP contribution in [0, 0.1) is 0 Å². The molecule has 5 heteroatoms. The van der Waals surface area contributed by atoms with Crippen LogP contribution in [0.5, 0.6) is 0 Å². The molecule has 0 saturated carbocycles. The maximum atomic E-state index is 11.7. The van der Waals surface area contributed by atoms with Crippen LogP contribution in [0.25, 0.3) is 0 Å². The minimum atomic E-state index is -0.176. The van der Waals surface area contributed by atoms with Gasteiger partial charge in [-0.25, -0.2) is 0 Å². The zero-order valence-corrected chi connectivity index (χ0v) is 11.0. The first-order valence-corrected chi connectivity index (χ1v) is 5.63. The Kier molecular flexibility index (Phi) is 7.29. The van der Waals surface area contributed by atoms with E-state index in [1.807, 2.05) is 32.7 Å². The van der Waals surface area contributed by atoms with Crippen molar-refractivity contribution in [3.63, 3.8) is 0 Å². The number of carbonyl (C=O) groups is 1. The summed E-state index contributed by atoms with van der Waals surface area (Å²) in [6.07, 6.45) is 0. The molecule has 96 valence electrons. The number of methoxy groups -OCH3 is 1. The lowest BCUT2D eigenvalue weighted by molar-refractivity contribution is -0.126. The number of nitrogens with two attached hydrogens (primary N) is 1. The summed E-state index contributed by atoms with van der Waals surface area (Å²) in [4.78, 5) is 13.6. The van der Waals surface area contributed by atoms with Crippen molar-refractivity contribution in [3.05, 3.63) is 0 Å². The van der Waals surface area contributed by atoms with E-state index in [1.54, 1.807) is 7.11 Å². The van der Waals surface area contributed by atoms with Gasteiger partial charge in [-0.3, -0.25) is 9.69 Å². The summed E-state index contributed by atoms with van der Waals surface area (Å²) >= 11 is 0. The fourth-order valence-corrected chi connectivity index (χ4v) is 1.40. The van der Waals surface area contributed by atoms with Gasteiger partial charge in [0.05, 0.1) is 12.6 Å². The average Bonchev–Trinajstić information content (AvgIpc) is 2.15. The highest BCUT2D eigenvalue weighted by atomic mass is 16.5. The molecule has 5 nitrogen and oxygen atoms in total. The Bertz CT molecular complexity index is 209. The van der Waals surface area contributed by atoms with E-state index in [2.05, 4.69) is 5.32 Å².